The first-order valence-electron chi connectivity index (χ1n) is 11.6. The van der Waals surface area contributed by atoms with Gasteiger partial charge in [-0.2, -0.15) is 0 Å². The lowest BCUT2D eigenvalue weighted by atomic mass is 10.1. The van der Waals surface area contributed by atoms with Crippen LogP contribution in [-0.2, 0) is 0 Å². The standard InChI is InChI=1S/C23H50N/c1-5-9-13-14-15-16-17-18-19-23-24(20-10-6-2,21-11-7-3)22-12-8-4/h5-23H2,1-4H3/q+1. The van der Waals surface area contributed by atoms with Crippen molar-refractivity contribution in [1.29, 1.82) is 0 Å². The topological polar surface area (TPSA) is 0 Å². The Hall–Kier alpha value is -0.0400. The van der Waals surface area contributed by atoms with Crippen molar-refractivity contribution in [2.24, 2.45) is 0 Å². The molecule has 0 bridgehead atoms. The van der Waals surface area contributed by atoms with Gasteiger partial charge in [-0.1, -0.05) is 91.9 Å². The third-order valence-electron chi connectivity index (χ3n) is 5.69. The Morgan fingerprint density at radius 3 is 1.00 bits per heavy atom. The molecule has 0 aliphatic heterocycles. The Morgan fingerprint density at radius 2 is 0.625 bits per heavy atom. The van der Waals surface area contributed by atoms with Crippen LogP contribution in [0.25, 0.3) is 0 Å². The van der Waals surface area contributed by atoms with E-state index in [2.05, 4.69) is 27.7 Å². The van der Waals surface area contributed by atoms with Crippen molar-refractivity contribution >= 4 is 0 Å². The molecule has 0 aliphatic rings. The third-order valence-corrected chi connectivity index (χ3v) is 5.69. The van der Waals surface area contributed by atoms with Crippen LogP contribution in [0.2, 0.25) is 0 Å². The van der Waals surface area contributed by atoms with E-state index < -0.39 is 0 Å². The van der Waals surface area contributed by atoms with E-state index in [1.807, 2.05) is 0 Å². The molecule has 0 saturated carbocycles. The average molecular weight is 341 g/mol. The number of nitrogens with zero attached hydrogens (tertiary/aromatic N) is 1. The number of hydrogen-bond donors (Lipinski definition) is 0. The van der Waals surface area contributed by atoms with Gasteiger partial charge in [0.15, 0.2) is 0 Å². The summed E-state index contributed by atoms with van der Waals surface area (Å²) in [6.45, 7) is 15.1. The summed E-state index contributed by atoms with van der Waals surface area (Å²) in [6.07, 6.45) is 21.4. The lowest BCUT2D eigenvalue weighted by Crippen LogP contribution is -2.50. The summed E-state index contributed by atoms with van der Waals surface area (Å²) in [4.78, 5) is 0. The van der Waals surface area contributed by atoms with Gasteiger partial charge in [-0.25, -0.2) is 0 Å². The zero-order chi connectivity index (χ0) is 17.9. The van der Waals surface area contributed by atoms with Gasteiger partial charge in [-0.15, -0.1) is 0 Å². The molecule has 0 aliphatic carbocycles. The molecule has 0 atom stereocenters. The predicted molar refractivity (Wildman–Crippen MR) is 112 cm³/mol. The van der Waals surface area contributed by atoms with E-state index in [1.165, 1.54) is 127 Å². The fraction of sp³-hybridized carbons (Fsp3) is 1.00. The van der Waals surface area contributed by atoms with Crippen LogP contribution in [0.1, 0.15) is 124 Å². The van der Waals surface area contributed by atoms with Gasteiger partial charge in [0.25, 0.3) is 0 Å². The molecule has 0 unspecified atom stereocenters. The van der Waals surface area contributed by atoms with Crippen LogP contribution in [0.15, 0.2) is 0 Å². The van der Waals surface area contributed by atoms with Crippen molar-refractivity contribution in [1.82, 2.24) is 0 Å². The molecule has 0 heterocycles. The molecule has 1 heteroatoms. The number of rotatable bonds is 19. The second kappa shape index (κ2) is 17.8. The minimum Gasteiger partial charge on any atom is -0.324 e. The highest BCUT2D eigenvalue weighted by Crippen LogP contribution is 2.18. The monoisotopic (exact) mass is 340 g/mol. The van der Waals surface area contributed by atoms with Crippen molar-refractivity contribution in [3.8, 4) is 0 Å². The van der Waals surface area contributed by atoms with Crippen LogP contribution in [0.4, 0.5) is 0 Å². The van der Waals surface area contributed by atoms with Gasteiger partial charge >= 0.3 is 0 Å². The Morgan fingerprint density at radius 1 is 0.333 bits per heavy atom. The summed E-state index contributed by atoms with van der Waals surface area (Å²) in [5, 5.41) is 0. The molecule has 0 amide bonds. The Labute approximate surface area is 155 Å². The van der Waals surface area contributed by atoms with E-state index in [0.29, 0.717) is 0 Å². The average Bonchev–Trinajstić information content (AvgIpc) is 2.61. The zero-order valence-electron chi connectivity index (χ0n) is 17.9. The van der Waals surface area contributed by atoms with Crippen molar-refractivity contribution in [2.45, 2.75) is 124 Å². The second-order valence-corrected chi connectivity index (χ2v) is 8.13. The molecule has 24 heavy (non-hydrogen) atoms. The molecule has 0 rings (SSSR count). The predicted octanol–water partition coefficient (Wildman–Crippen LogP) is 7.73. The van der Waals surface area contributed by atoms with Crippen molar-refractivity contribution in [2.75, 3.05) is 26.2 Å². The van der Waals surface area contributed by atoms with Gasteiger partial charge in [-0.3, -0.25) is 0 Å². The van der Waals surface area contributed by atoms with Crippen LogP contribution in [0, 0.1) is 0 Å². The van der Waals surface area contributed by atoms with Crippen LogP contribution in [-0.4, -0.2) is 30.7 Å². The number of hydrogen-bond acceptors (Lipinski definition) is 0. The fourth-order valence-electron chi connectivity index (χ4n) is 3.91. The summed E-state index contributed by atoms with van der Waals surface area (Å²) in [5.74, 6) is 0. The first kappa shape index (κ1) is 24.0. The van der Waals surface area contributed by atoms with E-state index in [9.17, 15) is 0 Å². The van der Waals surface area contributed by atoms with Gasteiger partial charge < -0.3 is 4.48 Å². The normalized spacial score (nSPS) is 12.0. The van der Waals surface area contributed by atoms with Gasteiger partial charge in [0.05, 0.1) is 26.2 Å². The molecule has 146 valence electrons. The highest BCUT2D eigenvalue weighted by atomic mass is 15.3. The molecule has 0 spiro atoms. The minimum atomic E-state index is 1.36. The minimum absolute atomic E-state index is 1.36. The van der Waals surface area contributed by atoms with Gasteiger partial charge in [0, 0.05) is 0 Å². The van der Waals surface area contributed by atoms with Crippen molar-refractivity contribution in [3.63, 3.8) is 0 Å². The Bertz CT molecular complexity index is 214. The summed E-state index contributed by atoms with van der Waals surface area (Å²) in [7, 11) is 0. The van der Waals surface area contributed by atoms with E-state index >= 15 is 0 Å². The number of quaternary nitrogens is 1. The largest absolute Gasteiger partial charge is 0.324 e. The van der Waals surface area contributed by atoms with E-state index in [1.54, 1.807) is 0 Å². The van der Waals surface area contributed by atoms with Crippen molar-refractivity contribution < 1.29 is 4.48 Å². The molecule has 0 N–H and O–H groups in total. The summed E-state index contributed by atoms with van der Waals surface area (Å²) >= 11 is 0. The van der Waals surface area contributed by atoms with Crippen LogP contribution in [0.3, 0.4) is 0 Å². The van der Waals surface area contributed by atoms with Crippen LogP contribution >= 0.6 is 0 Å². The molecule has 0 radical (unpaired) electrons. The summed E-state index contributed by atoms with van der Waals surface area (Å²) in [5.41, 5.74) is 0. The highest BCUT2D eigenvalue weighted by molar-refractivity contribution is 4.52. The van der Waals surface area contributed by atoms with Gasteiger partial charge in [0.2, 0.25) is 0 Å². The lowest BCUT2D eigenvalue weighted by Gasteiger charge is -2.39. The lowest BCUT2D eigenvalue weighted by molar-refractivity contribution is -0.929. The first-order chi connectivity index (χ1) is 11.7. The molecule has 0 saturated heterocycles. The van der Waals surface area contributed by atoms with Crippen molar-refractivity contribution in [3.05, 3.63) is 0 Å². The SMILES string of the molecule is CCCCCCCCCCC[N+](CCCC)(CCCC)CCCC. The zero-order valence-corrected chi connectivity index (χ0v) is 17.9. The smallest absolute Gasteiger partial charge is 0.0786 e. The molecule has 0 aromatic rings. The molecule has 1 nitrogen and oxygen atoms in total. The van der Waals surface area contributed by atoms with Gasteiger partial charge in [0.1, 0.15) is 0 Å². The first-order valence-corrected chi connectivity index (χ1v) is 11.6. The fourth-order valence-corrected chi connectivity index (χ4v) is 3.91. The van der Waals surface area contributed by atoms with Crippen LogP contribution < -0.4 is 0 Å². The molecule has 0 aromatic heterocycles. The maximum atomic E-state index is 2.35. The summed E-state index contributed by atoms with van der Waals surface area (Å²) < 4.78 is 1.44. The molecular weight excluding hydrogens is 290 g/mol. The van der Waals surface area contributed by atoms with E-state index in [4.69, 9.17) is 0 Å². The maximum absolute atomic E-state index is 2.35. The number of unbranched alkanes of at least 4 members (excludes halogenated alkanes) is 11. The second-order valence-electron chi connectivity index (χ2n) is 8.13. The summed E-state index contributed by atoms with van der Waals surface area (Å²) in [6, 6.07) is 0. The molecular formula is C23H50N+. The molecule has 0 aromatic carbocycles. The molecule has 0 fully saturated rings. The van der Waals surface area contributed by atoms with Gasteiger partial charge in [-0.05, 0) is 32.1 Å². The Balaban J connectivity index is 4.07. The quantitative estimate of drug-likeness (QED) is 0.167. The van der Waals surface area contributed by atoms with E-state index in [0.717, 1.165) is 0 Å². The highest BCUT2D eigenvalue weighted by Gasteiger charge is 2.24. The van der Waals surface area contributed by atoms with Crippen LogP contribution in [0.5, 0.6) is 0 Å². The maximum Gasteiger partial charge on any atom is 0.0786 e. The van der Waals surface area contributed by atoms with E-state index in [-0.39, 0.29) is 0 Å². The Kier molecular flexibility index (Phi) is 17.7. The third kappa shape index (κ3) is 13.3.